The van der Waals surface area contributed by atoms with Crippen LogP contribution in [0.25, 0.3) is 0 Å². The number of hydrogen-bond acceptors (Lipinski definition) is 6. The summed E-state index contributed by atoms with van der Waals surface area (Å²) in [7, 11) is 0. The van der Waals surface area contributed by atoms with Crippen LogP contribution in [0.15, 0.2) is 0 Å². The molecule has 21 heavy (non-hydrogen) atoms. The zero-order valence-electron chi connectivity index (χ0n) is 12.6. The number of rotatable bonds is 3. The number of halogens is 1. The van der Waals surface area contributed by atoms with Gasteiger partial charge >= 0.3 is 6.01 Å². The Hall–Kier alpha value is -1.14. The fourth-order valence-corrected chi connectivity index (χ4v) is 3.26. The first-order valence-electron chi connectivity index (χ1n) is 7.69. The molecule has 0 amide bonds. The molecule has 0 saturated carbocycles. The monoisotopic (exact) mass is 311 g/mol. The first-order valence-corrected chi connectivity index (χ1v) is 8.07. The Morgan fingerprint density at radius 1 is 1.14 bits per heavy atom. The molecule has 0 aromatic carbocycles. The lowest BCUT2D eigenvalue weighted by molar-refractivity contribution is 0.221. The summed E-state index contributed by atoms with van der Waals surface area (Å²) in [6.07, 6.45) is 3.69. The molecule has 2 fully saturated rings. The molecule has 2 saturated heterocycles. The Morgan fingerprint density at radius 2 is 1.95 bits per heavy atom. The highest BCUT2D eigenvalue weighted by Crippen LogP contribution is 2.24. The van der Waals surface area contributed by atoms with Crippen molar-refractivity contribution in [3.8, 4) is 6.01 Å². The summed E-state index contributed by atoms with van der Waals surface area (Å²) < 4.78 is 5.56. The smallest absolute Gasteiger partial charge is 0.322 e. The van der Waals surface area contributed by atoms with Crippen molar-refractivity contribution in [2.24, 2.45) is 0 Å². The molecule has 3 rings (SSSR count). The van der Waals surface area contributed by atoms with E-state index >= 15 is 0 Å². The number of fused-ring (bicyclic) bond motifs is 1. The van der Waals surface area contributed by atoms with Gasteiger partial charge in [0.15, 0.2) is 0 Å². The van der Waals surface area contributed by atoms with Gasteiger partial charge in [-0.3, -0.25) is 4.90 Å². The van der Waals surface area contributed by atoms with Crippen molar-refractivity contribution < 1.29 is 4.74 Å². The lowest BCUT2D eigenvalue weighted by Crippen LogP contribution is -2.37. The minimum absolute atomic E-state index is 0.0192. The van der Waals surface area contributed by atoms with E-state index in [1.54, 1.807) is 0 Å². The minimum Gasteiger partial charge on any atom is -0.461 e. The number of hydrogen-bond donors (Lipinski definition) is 0. The van der Waals surface area contributed by atoms with Gasteiger partial charge in [0.2, 0.25) is 11.2 Å². The second kappa shape index (κ2) is 6.32. The Balaban J connectivity index is 1.80. The van der Waals surface area contributed by atoms with Gasteiger partial charge in [0, 0.05) is 25.7 Å². The van der Waals surface area contributed by atoms with E-state index in [4.69, 9.17) is 16.3 Å². The second-order valence-corrected chi connectivity index (χ2v) is 6.32. The van der Waals surface area contributed by atoms with Gasteiger partial charge in [-0.2, -0.15) is 15.0 Å². The van der Waals surface area contributed by atoms with Crippen LogP contribution in [0.4, 0.5) is 5.95 Å². The van der Waals surface area contributed by atoms with Crippen LogP contribution in [-0.2, 0) is 0 Å². The molecule has 0 bridgehead atoms. The highest BCUT2D eigenvalue weighted by Gasteiger charge is 2.30. The van der Waals surface area contributed by atoms with E-state index in [0.29, 0.717) is 18.0 Å². The quantitative estimate of drug-likeness (QED) is 0.851. The molecule has 2 aliphatic rings. The third-order valence-corrected chi connectivity index (χ3v) is 4.17. The number of nitrogens with zero attached hydrogens (tertiary/aromatic N) is 5. The van der Waals surface area contributed by atoms with Crippen LogP contribution in [-0.4, -0.2) is 58.2 Å². The van der Waals surface area contributed by atoms with E-state index in [1.165, 1.54) is 19.4 Å². The maximum Gasteiger partial charge on any atom is 0.322 e. The summed E-state index contributed by atoms with van der Waals surface area (Å²) in [5, 5.41) is 0.197. The minimum atomic E-state index is 0.0192. The highest BCUT2D eigenvalue weighted by atomic mass is 35.5. The molecule has 6 nitrogen and oxygen atoms in total. The largest absolute Gasteiger partial charge is 0.461 e. The van der Waals surface area contributed by atoms with Crippen molar-refractivity contribution in [2.45, 2.75) is 45.3 Å². The van der Waals surface area contributed by atoms with Gasteiger partial charge in [-0.25, -0.2) is 0 Å². The molecule has 1 atom stereocenters. The SMILES string of the molecule is CC(C)Oc1nc(Cl)nc(N2CCCN3CCCC3C2)n1. The molecule has 1 unspecified atom stereocenters. The summed E-state index contributed by atoms with van der Waals surface area (Å²) in [6, 6.07) is 0.921. The van der Waals surface area contributed by atoms with Gasteiger partial charge in [0.05, 0.1) is 6.10 Å². The van der Waals surface area contributed by atoms with E-state index in [-0.39, 0.29) is 11.4 Å². The van der Waals surface area contributed by atoms with Crippen LogP contribution < -0.4 is 9.64 Å². The normalized spacial score (nSPS) is 23.2. The Labute approximate surface area is 130 Å². The molecule has 2 aliphatic heterocycles. The van der Waals surface area contributed by atoms with E-state index in [0.717, 1.165) is 26.1 Å². The predicted molar refractivity (Wildman–Crippen MR) is 82.0 cm³/mol. The zero-order chi connectivity index (χ0) is 14.8. The van der Waals surface area contributed by atoms with Crippen molar-refractivity contribution >= 4 is 17.5 Å². The van der Waals surface area contributed by atoms with Gasteiger partial charge in [-0.05, 0) is 51.3 Å². The fraction of sp³-hybridized carbons (Fsp3) is 0.786. The highest BCUT2D eigenvalue weighted by molar-refractivity contribution is 6.28. The lowest BCUT2D eigenvalue weighted by atomic mass is 10.2. The van der Waals surface area contributed by atoms with Crippen molar-refractivity contribution in [1.29, 1.82) is 0 Å². The van der Waals surface area contributed by atoms with Crippen molar-refractivity contribution in [3.05, 3.63) is 5.28 Å². The van der Waals surface area contributed by atoms with Gasteiger partial charge < -0.3 is 9.64 Å². The Bertz CT molecular complexity index is 498. The molecule has 7 heteroatoms. The average Bonchev–Trinajstić information content (AvgIpc) is 2.74. The molecule has 3 heterocycles. The molecule has 0 radical (unpaired) electrons. The van der Waals surface area contributed by atoms with Crippen molar-refractivity contribution in [1.82, 2.24) is 19.9 Å². The summed E-state index contributed by atoms with van der Waals surface area (Å²) >= 11 is 6.03. The van der Waals surface area contributed by atoms with Gasteiger partial charge in [-0.15, -0.1) is 0 Å². The average molecular weight is 312 g/mol. The topological polar surface area (TPSA) is 54.4 Å². The van der Waals surface area contributed by atoms with Crippen LogP contribution in [0.5, 0.6) is 6.01 Å². The fourth-order valence-electron chi connectivity index (χ4n) is 3.12. The molecular formula is C14H22ClN5O. The van der Waals surface area contributed by atoms with E-state index in [2.05, 4.69) is 24.8 Å². The van der Waals surface area contributed by atoms with Gasteiger partial charge in [0.1, 0.15) is 0 Å². The molecule has 0 N–H and O–H groups in total. The van der Waals surface area contributed by atoms with Crippen molar-refractivity contribution in [2.75, 3.05) is 31.1 Å². The van der Waals surface area contributed by atoms with E-state index in [1.807, 2.05) is 13.8 Å². The van der Waals surface area contributed by atoms with E-state index in [9.17, 15) is 0 Å². The predicted octanol–water partition coefficient (Wildman–Crippen LogP) is 1.99. The maximum atomic E-state index is 6.03. The molecule has 0 spiro atoms. The summed E-state index contributed by atoms with van der Waals surface area (Å²) in [4.78, 5) is 17.6. The zero-order valence-corrected chi connectivity index (χ0v) is 13.4. The van der Waals surface area contributed by atoms with Crippen molar-refractivity contribution in [3.63, 3.8) is 0 Å². The summed E-state index contributed by atoms with van der Waals surface area (Å²) in [5.41, 5.74) is 0. The lowest BCUT2D eigenvalue weighted by Gasteiger charge is -2.25. The maximum absolute atomic E-state index is 6.03. The number of anilines is 1. The molecule has 1 aromatic rings. The van der Waals surface area contributed by atoms with Crippen LogP contribution in [0.2, 0.25) is 5.28 Å². The number of aromatic nitrogens is 3. The van der Waals surface area contributed by atoms with Crippen LogP contribution in [0.1, 0.15) is 33.1 Å². The molecule has 0 aliphatic carbocycles. The standard InChI is InChI=1S/C14H22ClN5O/c1-10(2)21-14-17-12(15)16-13(18-14)20-8-4-7-19-6-3-5-11(19)9-20/h10-11H,3-9H2,1-2H3. The van der Waals surface area contributed by atoms with Crippen LogP contribution in [0, 0.1) is 0 Å². The summed E-state index contributed by atoms with van der Waals surface area (Å²) in [5.74, 6) is 0.638. The molecular weight excluding hydrogens is 290 g/mol. The second-order valence-electron chi connectivity index (χ2n) is 5.99. The van der Waals surface area contributed by atoms with Gasteiger partial charge in [0.25, 0.3) is 0 Å². The molecule has 116 valence electrons. The Kier molecular flexibility index (Phi) is 4.45. The Morgan fingerprint density at radius 3 is 2.76 bits per heavy atom. The third-order valence-electron chi connectivity index (χ3n) is 4.00. The first kappa shape index (κ1) is 14.8. The third kappa shape index (κ3) is 3.55. The van der Waals surface area contributed by atoms with Gasteiger partial charge in [-0.1, -0.05) is 0 Å². The summed E-state index contributed by atoms with van der Waals surface area (Å²) in [6.45, 7) is 8.18. The van der Waals surface area contributed by atoms with Crippen LogP contribution in [0.3, 0.4) is 0 Å². The number of ether oxygens (including phenoxy) is 1. The van der Waals surface area contributed by atoms with E-state index < -0.39 is 0 Å². The van der Waals surface area contributed by atoms with Crippen LogP contribution >= 0.6 is 11.6 Å². The molecule has 1 aromatic heterocycles. The first-order chi connectivity index (χ1) is 10.1.